The summed E-state index contributed by atoms with van der Waals surface area (Å²) in [7, 11) is 1.93. The maximum absolute atomic E-state index is 11.0. The molecule has 1 rings (SSSR count). The summed E-state index contributed by atoms with van der Waals surface area (Å²) in [5.41, 5.74) is 0. The number of rotatable bonds is 3. The highest BCUT2D eigenvalue weighted by Crippen LogP contribution is 2.29. The Labute approximate surface area is 84.5 Å². The van der Waals surface area contributed by atoms with Crippen molar-refractivity contribution in [3.63, 3.8) is 0 Å². The van der Waals surface area contributed by atoms with E-state index in [2.05, 4.69) is 11.8 Å². The van der Waals surface area contributed by atoms with Gasteiger partial charge in [0.1, 0.15) is 0 Å². The van der Waals surface area contributed by atoms with Crippen LogP contribution in [-0.2, 0) is 4.79 Å². The number of aliphatic hydroxyl groups excluding tert-OH is 1. The molecular formula is C10H19NO3. The molecule has 4 atom stereocenters. The Hall–Kier alpha value is -0.610. The van der Waals surface area contributed by atoms with E-state index < -0.39 is 18.0 Å². The lowest BCUT2D eigenvalue weighted by Gasteiger charge is -2.29. The van der Waals surface area contributed by atoms with E-state index in [-0.39, 0.29) is 6.04 Å². The zero-order valence-electron chi connectivity index (χ0n) is 8.97. The van der Waals surface area contributed by atoms with Gasteiger partial charge in [-0.25, -0.2) is 0 Å². The lowest BCUT2D eigenvalue weighted by atomic mass is 9.93. The maximum Gasteiger partial charge on any atom is 0.310 e. The number of nitrogens with zero attached hydrogens (tertiary/aromatic N) is 1. The summed E-state index contributed by atoms with van der Waals surface area (Å²) in [5, 5.41) is 18.5. The first kappa shape index (κ1) is 11.5. The number of hydrogen-bond donors (Lipinski definition) is 2. The molecule has 1 fully saturated rings. The summed E-state index contributed by atoms with van der Waals surface area (Å²) in [5.74, 6) is -1.56. The molecule has 0 aromatic carbocycles. The number of carboxylic acids is 1. The molecule has 0 bridgehead atoms. The highest BCUT2D eigenvalue weighted by atomic mass is 16.4. The molecular weight excluding hydrogens is 182 g/mol. The fourth-order valence-electron chi connectivity index (χ4n) is 2.27. The van der Waals surface area contributed by atoms with Crippen molar-refractivity contribution in [2.24, 2.45) is 5.92 Å². The third-order valence-corrected chi connectivity index (χ3v) is 3.32. The van der Waals surface area contributed by atoms with Gasteiger partial charge >= 0.3 is 5.97 Å². The Morgan fingerprint density at radius 1 is 1.50 bits per heavy atom. The average Bonchev–Trinajstić information content (AvgIpc) is 2.35. The molecule has 4 nitrogen and oxygen atoms in total. The first-order chi connectivity index (χ1) is 6.45. The molecule has 4 heteroatoms. The lowest BCUT2D eigenvalue weighted by molar-refractivity contribution is -0.148. The Kier molecular flexibility index (Phi) is 3.50. The van der Waals surface area contributed by atoms with Crippen LogP contribution in [0.5, 0.6) is 0 Å². The van der Waals surface area contributed by atoms with Gasteiger partial charge in [0.15, 0.2) is 0 Å². The van der Waals surface area contributed by atoms with Crippen LogP contribution in [0.2, 0.25) is 0 Å². The highest BCUT2D eigenvalue weighted by Gasteiger charge is 2.39. The minimum absolute atomic E-state index is 0.0255. The second-order valence-corrected chi connectivity index (χ2v) is 4.26. The van der Waals surface area contributed by atoms with Crippen molar-refractivity contribution in [1.29, 1.82) is 0 Å². The molecule has 1 saturated heterocycles. The second kappa shape index (κ2) is 4.28. The highest BCUT2D eigenvalue weighted by molar-refractivity contribution is 5.71. The van der Waals surface area contributed by atoms with Crippen LogP contribution in [0.4, 0.5) is 0 Å². The van der Waals surface area contributed by atoms with Gasteiger partial charge in [-0.05, 0) is 33.7 Å². The molecule has 1 heterocycles. The molecule has 0 saturated carbocycles. The van der Waals surface area contributed by atoms with Crippen molar-refractivity contribution < 1.29 is 15.0 Å². The van der Waals surface area contributed by atoms with Crippen LogP contribution in [0, 0.1) is 5.92 Å². The van der Waals surface area contributed by atoms with Crippen LogP contribution >= 0.6 is 0 Å². The van der Waals surface area contributed by atoms with Crippen LogP contribution in [0.15, 0.2) is 0 Å². The quantitative estimate of drug-likeness (QED) is 0.700. The Balaban J connectivity index is 2.74. The Bertz CT molecular complexity index is 217. The molecule has 0 amide bonds. The molecule has 2 N–H and O–H groups in total. The van der Waals surface area contributed by atoms with E-state index >= 15 is 0 Å². The van der Waals surface area contributed by atoms with Gasteiger partial charge in [-0.1, -0.05) is 0 Å². The van der Waals surface area contributed by atoms with E-state index in [0.29, 0.717) is 6.04 Å². The zero-order valence-corrected chi connectivity index (χ0v) is 8.97. The summed E-state index contributed by atoms with van der Waals surface area (Å²) >= 11 is 0. The Morgan fingerprint density at radius 3 is 2.36 bits per heavy atom. The fraction of sp³-hybridized carbons (Fsp3) is 0.900. The number of carbonyl (C=O) groups is 1. The third-order valence-electron chi connectivity index (χ3n) is 3.32. The number of likely N-dealkylation sites (tertiary alicyclic amines) is 1. The number of hydrogen-bond acceptors (Lipinski definition) is 3. The van der Waals surface area contributed by atoms with Gasteiger partial charge < -0.3 is 10.2 Å². The molecule has 14 heavy (non-hydrogen) atoms. The predicted octanol–water partition coefficient (Wildman–Crippen LogP) is 0.551. The topological polar surface area (TPSA) is 60.8 Å². The van der Waals surface area contributed by atoms with Crippen molar-refractivity contribution in [2.75, 3.05) is 7.05 Å². The van der Waals surface area contributed by atoms with E-state index in [0.717, 1.165) is 12.8 Å². The lowest BCUT2D eigenvalue weighted by Crippen LogP contribution is -2.44. The molecule has 0 aliphatic carbocycles. The Morgan fingerprint density at radius 2 is 2.07 bits per heavy atom. The summed E-state index contributed by atoms with van der Waals surface area (Å²) in [6, 6.07) is 0.392. The summed E-state index contributed by atoms with van der Waals surface area (Å²) in [6.07, 6.45) is 1.09. The largest absolute Gasteiger partial charge is 0.481 e. The fourth-order valence-corrected chi connectivity index (χ4v) is 2.27. The maximum atomic E-state index is 11.0. The van der Waals surface area contributed by atoms with Crippen molar-refractivity contribution in [1.82, 2.24) is 4.90 Å². The molecule has 0 spiro atoms. The second-order valence-electron chi connectivity index (χ2n) is 4.26. The van der Waals surface area contributed by atoms with Gasteiger partial charge in [-0.15, -0.1) is 0 Å². The first-order valence-corrected chi connectivity index (χ1v) is 5.08. The van der Waals surface area contributed by atoms with E-state index in [4.69, 9.17) is 5.11 Å². The molecule has 0 aromatic heterocycles. The smallest absolute Gasteiger partial charge is 0.310 e. The van der Waals surface area contributed by atoms with Crippen molar-refractivity contribution >= 4 is 5.97 Å². The van der Waals surface area contributed by atoms with Gasteiger partial charge in [0, 0.05) is 12.1 Å². The van der Waals surface area contributed by atoms with E-state index in [1.165, 1.54) is 0 Å². The van der Waals surface area contributed by atoms with E-state index in [9.17, 15) is 9.90 Å². The average molecular weight is 201 g/mol. The number of aliphatic hydroxyl groups is 1. The normalized spacial score (nSPS) is 32.9. The predicted molar refractivity (Wildman–Crippen MR) is 53.1 cm³/mol. The third kappa shape index (κ3) is 2.07. The standard InChI is InChI=1S/C10H19NO3/c1-6-4-5-8(11(6)3)9(7(2)12)10(13)14/h6-9,12H,4-5H2,1-3H3,(H,13,14)/t6-,7?,8?,9?/m0/s1. The SMILES string of the molecule is CC(O)C(C(=O)O)C1CC[C@H](C)N1C. The van der Waals surface area contributed by atoms with Gasteiger partial charge in [-0.2, -0.15) is 0 Å². The monoisotopic (exact) mass is 201 g/mol. The molecule has 3 unspecified atom stereocenters. The summed E-state index contributed by atoms with van der Waals surface area (Å²) < 4.78 is 0. The minimum atomic E-state index is -0.897. The van der Waals surface area contributed by atoms with Crippen molar-refractivity contribution in [3.05, 3.63) is 0 Å². The molecule has 0 radical (unpaired) electrons. The summed E-state index contributed by atoms with van der Waals surface area (Å²) in [4.78, 5) is 13.1. The molecule has 82 valence electrons. The first-order valence-electron chi connectivity index (χ1n) is 5.08. The molecule has 0 aromatic rings. The van der Waals surface area contributed by atoms with Crippen molar-refractivity contribution in [2.45, 2.75) is 44.9 Å². The van der Waals surface area contributed by atoms with Gasteiger partial charge in [0.2, 0.25) is 0 Å². The molecule has 1 aliphatic rings. The van der Waals surface area contributed by atoms with Crippen molar-refractivity contribution in [3.8, 4) is 0 Å². The van der Waals surface area contributed by atoms with Gasteiger partial charge in [0.25, 0.3) is 0 Å². The zero-order chi connectivity index (χ0) is 10.9. The van der Waals surface area contributed by atoms with E-state index in [1.54, 1.807) is 6.92 Å². The van der Waals surface area contributed by atoms with Crippen LogP contribution in [0.3, 0.4) is 0 Å². The summed E-state index contributed by atoms with van der Waals surface area (Å²) in [6.45, 7) is 3.64. The van der Waals surface area contributed by atoms with Crippen LogP contribution in [0.1, 0.15) is 26.7 Å². The number of carboxylic acid groups (broad SMARTS) is 1. The van der Waals surface area contributed by atoms with Gasteiger partial charge in [-0.3, -0.25) is 9.69 Å². The number of aliphatic carboxylic acids is 1. The van der Waals surface area contributed by atoms with Crippen LogP contribution in [0.25, 0.3) is 0 Å². The van der Waals surface area contributed by atoms with Crippen LogP contribution in [-0.4, -0.2) is 46.3 Å². The van der Waals surface area contributed by atoms with Gasteiger partial charge in [0.05, 0.1) is 12.0 Å². The minimum Gasteiger partial charge on any atom is -0.481 e. The van der Waals surface area contributed by atoms with Crippen LogP contribution < -0.4 is 0 Å². The van der Waals surface area contributed by atoms with E-state index in [1.807, 2.05) is 7.05 Å². The molecule has 1 aliphatic heterocycles.